The Kier molecular flexibility index (Phi) is 3.50. The molecular formula is C13H11FN2O3S2. The van der Waals surface area contributed by atoms with E-state index in [0.29, 0.717) is 5.13 Å². The molecule has 0 N–H and O–H groups in total. The van der Waals surface area contributed by atoms with Crippen LogP contribution < -0.4 is 4.90 Å². The van der Waals surface area contributed by atoms with Gasteiger partial charge < -0.3 is 0 Å². The molecule has 2 heterocycles. The minimum Gasteiger partial charge on any atom is -0.287 e. The normalized spacial score (nSPS) is 19.2. The van der Waals surface area contributed by atoms with Gasteiger partial charge >= 0.3 is 10.2 Å². The maximum atomic E-state index is 13.0. The molecule has 21 heavy (non-hydrogen) atoms. The summed E-state index contributed by atoms with van der Waals surface area (Å²) >= 11 is 1.28. The predicted molar refractivity (Wildman–Crippen MR) is 78.3 cm³/mol. The number of anilines is 1. The summed E-state index contributed by atoms with van der Waals surface area (Å²) in [5, 5.41) is -0.904. The lowest BCUT2D eigenvalue weighted by Crippen LogP contribution is -2.26. The second kappa shape index (κ2) is 5.19. The highest BCUT2D eigenvalue weighted by Gasteiger charge is 2.40. The fourth-order valence-corrected chi connectivity index (χ4v) is 3.79. The van der Waals surface area contributed by atoms with Gasteiger partial charge in [-0.25, -0.2) is 4.98 Å². The minimum atomic E-state index is -4.71. The van der Waals surface area contributed by atoms with Gasteiger partial charge in [-0.05, 0) is 5.56 Å². The number of carbonyl (C=O) groups excluding carboxylic acids is 1. The van der Waals surface area contributed by atoms with Gasteiger partial charge in [0.15, 0.2) is 5.13 Å². The Morgan fingerprint density at radius 3 is 2.62 bits per heavy atom. The summed E-state index contributed by atoms with van der Waals surface area (Å²) in [5.41, 5.74) is 0.961. The molecule has 1 aliphatic heterocycles. The number of halogens is 1. The van der Waals surface area contributed by atoms with Crippen LogP contribution >= 0.6 is 11.3 Å². The van der Waals surface area contributed by atoms with E-state index in [1.54, 1.807) is 6.20 Å². The van der Waals surface area contributed by atoms with E-state index >= 15 is 0 Å². The van der Waals surface area contributed by atoms with Crippen molar-refractivity contribution < 1.29 is 17.1 Å². The first-order chi connectivity index (χ1) is 9.95. The summed E-state index contributed by atoms with van der Waals surface area (Å²) in [6, 6.07) is 9.50. The van der Waals surface area contributed by atoms with E-state index in [-0.39, 0.29) is 13.0 Å². The summed E-state index contributed by atoms with van der Waals surface area (Å²) < 4.78 is 34.8. The Hall–Kier alpha value is -1.80. The van der Waals surface area contributed by atoms with Crippen molar-refractivity contribution in [2.75, 3.05) is 11.4 Å². The molecule has 1 aromatic carbocycles. The fourth-order valence-electron chi connectivity index (χ4n) is 2.17. The Morgan fingerprint density at radius 2 is 2.00 bits per heavy atom. The number of aromatic nitrogens is 1. The van der Waals surface area contributed by atoms with Crippen molar-refractivity contribution in [2.24, 2.45) is 0 Å². The molecule has 0 spiro atoms. The first kappa shape index (κ1) is 14.2. The van der Waals surface area contributed by atoms with Crippen molar-refractivity contribution in [1.29, 1.82) is 0 Å². The van der Waals surface area contributed by atoms with E-state index in [2.05, 4.69) is 4.98 Å². The monoisotopic (exact) mass is 326 g/mol. The molecule has 1 aromatic heterocycles. The molecule has 1 saturated heterocycles. The Bertz CT molecular complexity index is 774. The third-order valence-electron chi connectivity index (χ3n) is 3.27. The van der Waals surface area contributed by atoms with Crippen LogP contribution in [0.2, 0.25) is 0 Å². The highest BCUT2D eigenvalue weighted by molar-refractivity contribution is 7.87. The number of hydrogen-bond acceptors (Lipinski definition) is 5. The van der Waals surface area contributed by atoms with Crippen LogP contribution in [0.4, 0.5) is 9.02 Å². The van der Waals surface area contributed by atoms with E-state index < -0.39 is 21.4 Å². The number of hydrogen-bond donors (Lipinski definition) is 0. The second-order valence-corrected chi connectivity index (χ2v) is 7.31. The van der Waals surface area contributed by atoms with Crippen molar-refractivity contribution in [2.45, 2.75) is 11.7 Å². The SMILES string of the molecule is O=C1CC(S(=O)(=O)F)CN1c1ncc(-c2ccccc2)s1. The first-order valence-corrected chi connectivity index (χ1v) is 8.46. The van der Waals surface area contributed by atoms with Gasteiger partial charge in [0, 0.05) is 19.2 Å². The average Bonchev–Trinajstić information content (AvgIpc) is 3.05. The summed E-state index contributed by atoms with van der Waals surface area (Å²) in [6.07, 6.45) is 1.29. The van der Waals surface area contributed by atoms with Crippen LogP contribution in [0.15, 0.2) is 36.5 Å². The van der Waals surface area contributed by atoms with Gasteiger partial charge in [-0.3, -0.25) is 9.69 Å². The smallest absolute Gasteiger partial charge is 0.287 e. The molecular weight excluding hydrogens is 315 g/mol. The summed E-state index contributed by atoms with van der Waals surface area (Å²) in [5.74, 6) is -0.421. The van der Waals surface area contributed by atoms with Crippen LogP contribution in [0, 0.1) is 0 Å². The molecule has 1 amide bonds. The number of benzene rings is 1. The average molecular weight is 326 g/mol. The molecule has 1 aliphatic rings. The topological polar surface area (TPSA) is 67.3 Å². The number of carbonyl (C=O) groups is 1. The van der Waals surface area contributed by atoms with Crippen molar-refractivity contribution >= 4 is 32.6 Å². The lowest BCUT2D eigenvalue weighted by molar-refractivity contribution is -0.117. The Morgan fingerprint density at radius 1 is 1.29 bits per heavy atom. The molecule has 3 rings (SSSR count). The molecule has 0 bridgehead atoms. The van der Waals surface area contributed by atoms with Gasteiger partial charge in [-0.1, -0.05) is 41.7 Å². The molecule has 1 atom stereocenters. The van der Waals surface area contributed by atoms with Crippen molar-refractivity contribution in [3.8, 4) is 10.4 Å². The van der Waals surface area contributed by atoms with Crippen molar-refractivity contribution in [3.63, 3.8) is 0 Å². The van der Waals surface area contributed by atoms with E-state index in [9.17, 15) is 17.1 Å². The van der Waals surface area contributed by atoms with Gasteiger partial charge in [0.25, 0.3) is 0 Å². The van der Waals surface area contributed by atoms with Gasteiger partial charge in [0.2, 0.25) is 5.91 Å². The van der Waals surface area contributed by atoms with Crippen LogP contribution in [0.5, 0.6) is 0 Å². The number of rotatable bonds is 3. The van der Waals surface area contributed by atoms with Crippen molar-refractivity contribution in [1.82, 2.24) is 4.98 Å². The molecule has 0 aliphatic carbocycles. The van der Waals surface area contributed by atoms with Crippen LogP contribution in [-0.2, 0) is 15.0 Å². The molecule has 2 aromatic rings. The Balaban J connectivity index is 1.86. The number of thiazole rings is 1. The molecule has 1 unspecified atom stereocenters. The van der Waals surface area contributed by atoms with Crippen LogP contribution in [0.25, 0.3) is 10.4 Å². The largest absolute Gasteiger partial charge is 0.307 e. The summed E-state index contributed by atoms with van der Waals surface area (Å²) in [4.78, 5) is 18.1. The number of amides is 1. The maximum absolute atomic E-state index is 13.0. The van der Waals surface area contributed by atoms with E-state index in [4.69, 9.17) is 0 Å². The molecule has 0 radical (unpaired) electrons. The molecule has 8 heteroatoms. The van der Waals surface area contributed by atoms with Gasteiger partial charge in [0.05, 0.1) is 4.88 Å². The zero-order valence-electron chi connectivity index (χ0n) is 10.8. The summed E-state index contributed by atoms with van der Waals surface area (Å²) in [7, 11) is -4.71. The highest BCUT2D eigenvalue weighted by atomic mass is 32.3. The van der Waals surface area contributed by atoms with Gasteiger partial charge in [-0.15, -0.1) is 3.89 Å². The van der Waals surface area contributed by atoms with E-state index in [1.165, 1.54) is 16.2 Å². The second-order valence-electron chi connectivity index (χ2n) is 4.68. The third kappa shape index (κ3) is 2.81. The molecule has 5 nitrogen and oxygen atoms in total. The molecule has 110 valence electrons. The quantitative estimate of drug-likeness (QED) is 0.811. The fraction of sp³-hybridized carbons (Fsp3) is 0.231. The van der Waals surface area contributed by atoms with Crippen LogP contribution in [-0.4, -0.2) is 31.1 Å². The predicted octanol–water partition coefficient (Wildman–Crippen LogP) is 2.21. The maximum Gasteiger partial charge on any atom is 0.307 e. The van der Waals surface area contributed by atoms with E-state index in [0.717, 1.165) is 10.4 Å². The highest BCUT2D eigenvalue weighted by Crippen LogP contribution is 2.34. The lowest BCUT2D eigenvalue weighted by Gasteiger charge is -2.11. The summed E-state index contributed by atoms with van der Waals surface area (Å²) in [6.45, 7) is -0.181. The van der Waals surface area contributed by atoms with Crippen LogP contribution in [0.1, 0.15) is 6.42 Å². The molecule has 1 fully saturated rings. The van der Waals surface area contributed by atoms with Gasteiger partial charge in [0.1, 0.15) is 5.25 Å². The molecule has 0 saturated carbocycles. The standard InChI is InChI=1S/C13H11FN2O3S2/c14-21(18,19)10-6-12(17)16(8-10)13-15-7-11(20-13)9-4-2-1-3-5-9/h1-5,7,10H,6,8H2. The Labute approximate surface area is 125 Å². The minimum absolute atomic E-state index is 0.181. The van der Waals surface area contributed by atoms with E-state index in [1.807, 2.05) is 30.3 Å². The van der Waals surface area contributed by atoms with Crippen molar-refractivity contribution in [3.05, 3.63) is 36.5 Å². The zero-order chi connectivity index (χ0) is 15.0. The first-order valence-electron chi connectivity index (χ1n) is 6.20. The zero-order valence-corrected chi connectivity index (χ0v) is 12.4. The van der Waals surface area contributed by atoms with Crippen LogP contribution in [0.3, 0.4) is 0 Å². The van der Waals surface area contributed by atoms with Gasteiger partial charge in [-0.2, -0.15) is 8.42 Å². The third-order valence-corrected chi connectivity index (χ3v) is 5.45. The number of nitrogens with zero attached hydrogens (tertiary/aromatic N) is 2. The lowest BCUT2D eigenvalue weighted by atomic mass is 10.2.